The first-order valence-electron chi connectivity index (χ1n) is 9.01. The van der Waals surface area contributed by atoms with Crippen molar-refractivity contribution < 1.29 is 14.4 Å². The number of carbonyl (C=O) groups excluding carboxylic acids is 1. The number of aromatic hydroxyl groups is 1. The average molecular weight is 339 g/mol. The van der Waals surface area contributed by atoms with Gasteiger partial charge in [-0.25, -0.2) is 0 Å². The molecule has 0 amide bonds. The number of rotatable bonds is 6. The molecule has 0 spiro atoms. The summed E-state index contributed by atoms with van der Waals surface area (Å²) in [5.41, 5.74) is 0.232. The Morgan fingerprint density at radius 2 is 1.96 bits per heavy atom. The highest BCUT2D eigenvalue weighted by Crippen LogP contribution is 2.55. The molecule has 1 aliphatic rings. The van der Waals surface area contributed by atoms with Gasteiger partial charge < -0.3 is 9.63 Å². The normalized spacial score (nSPS) is 26.1. The van der Waals surface area contributed by atoms with E-state index in [1.54, 1.807) is 24.4 Å². The first-order valence-corrected chi connectivity index (χ1v) is 9.01. The maximum absolute atomic E-state index is 12.5. The number of nitrogens with zero attached hydrogens (tertiary/aromatic N) is 1. The fraction of sp³-hybridized carbons (Fsp3) is 0.429. The molecule has 2 unspecified atom stereocenters. The van der Waals surface area contributed by atoms with Gasteiger partial charge in [-0.1, -0.05) is 50.1 Å². The molecule has 4 heteroatoms. The number of hydrogen-bond acceptors (Lipinski definition) is 4. The highest BCUT2D eigenvalue weighted by Gasteiger charge is 2.55. The van der Waals surface area contributed by atoms with Crippen molar-refractivity contribution in [1.82, 2.24) is 5.16 Å². The van der Waals surface area contributed by atoms with Crippen molar-refractivity contribution in [1.29, 1.82) is 0 Å². The Bertz CT molecular complexity index is 748. The third-order valence-electron chi connectivity index (χ3n) is 5.70. The number of hydrogen-bond donors (Lipinski definition) is 1. The van der Waals surface area contributed by atoms with E-state index < -0.39 is 10.8 Å². The van der Waals surface area contributed by atoms with Crippen LogP contribution in [0.4, 0.5) is 0 Å². The smallest absolute Gasteiger partial charge is 0.156 e. The van der Waals surface area contributed by atoms with E-state index in [2.05, 4.69) is 19.0 Å². The predicted octanol–water partition coefficient (Wildman–Crippen LogP) is 4.69. The topological polar surface area (TPSA) is 63.3 Å². The van der Waals surface area contributed by atoms with Crippen molar-refractivity contribution in [3.8, 4) is 5.75 Å². The van der Waals surface area contributed by atoms with Gasteiger partial charge in [-0.05, 0) is 36.6 Å². The van der Waals surface area contributed by atoms with Crippen LogP contribution in [0.15, 0.2) is 53.2 Å². The predicted molar refractivity (Wildman–Crippen MR) is 96.5 cm³/mol. The van der Waals surface area contributed by atoms with Crippen molar-refractivity contribution in [3.05, 3.63) is 60.0 Å². The Morgan fingerprint density at radius 1 is 1.20 bits per heavy atom. The molecule has 0 aliphatic heterocycles. The van der Waals surface area contributed by atoms with Gasteiger partial charge in [-0.2, -0.15) is 0 Å². The summed E-state index contributed by atoms with van der Waals surface area (Å²) < 4.78 is 5.62. The summed E-state index contributed by atoms with van der Waals surface area (Å²) in [5.74, 6) is 1.16. The largest absolute Gasteiger partial charge is 0.508 e. The van der Waals surface area contributed by atoms with Crippen LogP contribution in [0, 0.1) is 0 Å². The van der Waals surface area contributed by atoms with E-state index in [9.17, 15) is 9.90 Å². The Morgan fingerprint density at radius 3 is 2.56 bits per heavy atom. The van der Waals surface area contributed by atoms with Gasteiger partial charge >= 0.3 is 0 Å². The monoisotopic (exact) mass is 339 g/mol. The highest BCUT2D eigenvalue weighted by molar-refractivity contribution is 5.93. The zero-order valence-electron chi connectivity index (χ0n) is 14.9. The van der Waals surface area contributed by atoms with Gasteiger partial charge in [-0.15, -0.1) is 0 Å². The van der Waals surface area contributed by atoms with Crippen LogP contribution in [-0.2, 0) is 15.6 Å². The number of aromatic nitrogens is 1. The Balaban J connectivity index is 2.26. The molecular formula is C21H25NO3. The molecule has 0 saturated carbocycles. The van der Waals surface area contributed by atoms with E-state index in [1.165, 1.54) is 0 Å². The summed E-state index contributed by atoms with van der Waals surface area (Å²) in [4.78, 5) is 12.5. The van der Waals surface area contributed by atoms with Crippen molar-refractivity contribution in [2.75, 3.05) is 0 Å². The quantitative estimate of drug-likeness (QED) is 0.829. The van der Waals surface area contributed by atoms with E-state index >= 15 is 0 Å². The summed E-state index contributed by atoms with van der Waals surface area (Å²) in [6.45, 7) is 4.29. The SMILES string of the molecule is CCCCC1(c2ccc(O)cc2)CC(=O)C=CC1(CC)c1ccno1. The molecule has 1 aromatic heterocycles. The molecule has 2 aromatic rings. The number of phenols is 1. The van der Waals surface area contributed by atoms with Gasteiger partial charge in [0.1, 0.15) is 11.5 Å². The van der Waals surface area contributed by atoms with E-state index in [4.69, 9.17) is 4.52 Å². The highest BCUT2D eigenvalue weighted by atomic mass is 16.5. The molecule has 1 aromatic carbocycles. The van der Waals surface area contributed by atoms with Gasteiger partial charge in [0.25, 0.3) is 0 Å². The van der Waals surface area contributed by atoms with Crippen LogP contribution in [0.1, 0.15) is 57.3 Å². The third kappa shape index (κ3) is 2.80. The third-order valence-corrected chi connectivity index (χ3v) is 5.70. The van der Waals surface area contributed by atoms with E-state index in [0.717, 1.165) is 37.0 Å². The Hall–Kier alpha value is -2.36. The van der Waals surface area contributed by atoms with Gasteiger partial charge in [-0.3, -0.25) is 4.79 Å². The van der Waals surface area contributed by atoms with Crippen LogP contribution < -0.4 is 0 Å². The molecule has 0 bridgehead atoms. The minimum Gasteiger partial charge on any atom is -0.508 e. The average Bonchev–Trinajstić information content (AvgIpc) is 3.16. The van der Waals surface area contributed by atoms with Crippen LogP contribution >= 0.6 is 0 Å². The molecule has 1 heterocycles. The molecule has 4 nitrogen and oxygen atoms in total. The first kappa shape index (κ1) is 17.5. The number of unbranched alkanes of at least 4 members (excludes halogenated alkanes) is 1. The van der Waals surface area contributed by atoms with Crippen LogP contribution in [0.2, 0.25) is 0 Å². The number of allylic oxidation sites excluding steroid dienone is 2. The Kier molecular flexibility index (Phi) is 4.80. The second kappa shape index (κ2) is 6.87. The van der Waals surface area contributed by atoms with Gasteiger partial charge in [0.15, 0.2) is 5.78 Å². The van der Waals surface area contributed by atoms with E-state index in [-0.39, 0.29) is 11.5 Å². The van der Waals surface area contributed by atoms with Crippen molar-refractivity contribution in [2.45, 2.75) is 56.8 Å². The fourth-order valence-electron chi connectivity index (χ4n) is 4.38. The molecule has 25 heavy (non-hydrogen) atoms. The minimum atomic E-state index is -0.427. The zero-order valence-corrected chi connectivity index (χ0v) is 14.9. The van der Waals surface area contributed by atoms with Gasteiger partial charge in [0.2, 0.25) is 0 Å². The molecule has 0 fully saturated rings. The molecule has 1 aliphatic carbocycles. The molecule has 0 radical (unpaired) electrons. The fourth-order valence-corrected chi connectivity index (χ4v) is 4.38. The zero-order chi connectivity index (χ0) is 17.9. The molecule has 1 N–H and O–H groups in total. The minimum absolute atomic E-state index is 0.132. The van der Waals surface area contributed by atoms with Crippen molar-refractivity contribution in [3.63, 3.8) is 0 Å². The lowest BCUT2D eigenvalue weighted by Gasteiger charge is -2.50. The van der Waals surface area contributed by atoms with Crippen LogP contribution in [0.3, 0.4) is 0 Å². The van der Waals surface area contributed by atoms with E-state index in [1.807, 2.05) is 24.3 Å². The van der Waals surface area contributed by atoms with E-state index in [0.29, 0.717) is 6.42 Å². The standard InChI is InChI=1S/C21H25NO3/c1-3-5-12-21(16-6-8-17(23)9-7-16)15-18(24)10-13-20(21,4-2)19-11-14-22-25-19/h6-11,13-14,23H,3-5,12,15H2,1-2H3. The first-order chi connectivity index (χ1) is 12.1. The van der Waals surface area contributed by atoms with Crippen LogP contribution in [0.25, 0.3) is 0 Å². The number of ketones is 1. The van der Waals surface area contributed by atoms with Crippen LogP contribution in [-0.4, -0.2) is 16.0 Å². The maximum Gasteiger partial charge on any atom is 0.156 e. The molecule has 0 saturated heterocycles. The summed E-state index contributed by atoms with van der Waals surface area (Å²) in [6, 6.07) is 9.19. The summed E-state index contributed by atoms with van der Waals surface area (Å²) in [6.07, 6.45) is 9.54. The van der Waals surface area contributed by atoms with Gasteiger partial charge in [0, 0.05) is 17.9 Å². The lowest BCUT2D eigenvalue weighted by atomic mass is 9.51. The summed E-state index contributed by atoms with van der Waals surface area (Å²) in [7, 11) is 0. The van der Waals surface area contributed by atoms with Crippen molar-refractivity contribution >= 4 is 5.78 Å². The molecule has 3 rings (SSSR count). The molecule has 132 valence electrons. The maximum atomic E-state index is 12.5. The van der Waals surface area contributed by atoms with Gasteiger partial charge in [0.05, 0.1) is 11.6 Å². The number of phenolic OH excluding ortho intramolecular Hbond substituents is 1. The lowest BCUT2D eigenvalue weighted by molar-refractivity contribution is -0.117. The van der Waals surface area contributed by atoms with Crippen molar-refractivity contribution in [2.24, 2.45) is 0 Å². The second-order valence-electron chi connectivity index (χ2n) is 6.91. The number of benzene rings is 1. The lowest BCUT2D eigenvalue weighted by Crippen LogP contribution is -2.51. The summed E-state index contributed by atoms with van der Waals surface area (Å²) >= 11 is 0. The second-order valence-corrected chi connectivity index (χ2v) is 6.91. The van der Waals surface area contributed by atoms with Crippen LogP contribution in [0.5, 0.6) is 5.75 Å². The molecule has 2 atom stereocenters. The molecular weight excluding hydrogens is 314 g/mol. The number of carbonyl (C=O) groups is 1. The Labute approximate surface area is 148 Å². The summed E-state index contributed by atoms with van der Waals surface area (Å²) in [5, 5.41) is 13.7.